The number of hydrogen-bond acceptors (Lipinski definition) is 9. The van der Waals surface area contributed by atoms with Crippen molar-refractivity contribution in [3.8, 4) is 40.1 Å². The molecule has 0 unspecified atom stereocenters. The molecule has 0 bridgehead atoms. The Kier molecular flexibility index (Phi) is 7.76. The Morgan fingerprint density at radius 3 is 2.15 bits per heavy atom. The Morgan fingerprint density at radius 2 is 1.50 bits per heavy atom. The van der Waals surface area contributed by atoms with Gasteiger partial charge in [-0.15, -0.1) is 0 Å². The average molecular weight is 563 g/mol. The zero-order chi connectivity index (χ0) is 28.1. The van der Waals surface area contributed by atoms with Gasteiger partial charge in [-0.1, -0.05) is 28.9 Å². The highest BCUT2D eigenvalue weighted by Gasteiger charge is 2.52. The van der Waals surface area contributed by atoms with E-state index in [-0.39, 0.29) is 18.8 Å². The molecule has 0 saturated carbocycles. The van der Waals surface area contributed by atoms with Crippen molar-refractivity contribution >= 4 is 29.4 Å². The number of aromatic nitrogens is 2. The number of halogens is 1. The predicted octanol–water partition coefficient (Wildman–Crippen LogP) is 4.76. The molecule has 40 heavy (non-hydrogen) atoms. The topological polar surface area (TPSA) is 142 Å². The van der Waals surface area contributed by atoms with Crippen molar-refractivity contribution in [1.82, 2.24) is 20.8 Å². The van der Waals surface area contributed by atoms with Gasteiger partial charge in [-0.25, -0.2) is 4.79 Å². The lowest BCUT2D eigenvalue weighted by atomic mass is 9.95. The molecule has 12 heteroatoms. The Labute approximate surface area is 233 Å². The molecular weight excluding hydrogens is 540 g/mol. The summed E-state index contributed by atoms with van der Waals surface area (Å²) >= 11 is 6.22. The van der Waals surface area contributed by atoms with E-state index in [1.54, 1.807) is 61.5 Å². The van der Waals surface area contributed by atoms with Crippen LogP contribution in [-0.2, 0) is 14.3 Å². The molecule has 204 valence electrons. The summed E-state index contributed by atoms with van der Waals surface area (Å²) in [5, 5.41) is 8.71. The number of benzene rings is 3. The summed E-state index contributed by atoms with van der Waals surface area (Å²) < 4.78 is 22.4. The summed E-state index contributed by atoms with van der Waals surface area (Å²) in [5.41, 5.74) is -0.589. The van der Waals surface area contributed by atoms with Gasteiger partial charge < -0.3 is 18.7 Å². The zero-order valence-corrected chi connectivity index (χ0v) is 21.9. The van der Waals surface area contributed by atoms with E-state index >= 15 is 0 Å². The third-order valence-corrected chi connectivity index (χ3v) is 6.31. The number of nitrogens with zero attached hydrogens (tertiary/aromatic N) is 2. The smallest absolute Gasteiger partial charge is 0.328 e. The van der Waals surface area contributed by atoms with Crippen molar-refractivity contribution < 1.29 is 33.1 Å². The molecule has 4 aromatic rings. The van der Waals surface area contributed by atoms with Crippen molar-refractivity contribution in [3.05, 3.63) is 77.8 Å². The molecule has 5 rings (SSSR count). The molecule has 2 N–H and O–H groups in total. The molecule has 0 atom stereocenters. The van der Waals surface area contributed by atoms with E-state index in [9.17, 15) is 14.4 Å². The van der Waals surface area contributed by atoms with Crippen LogP contribution in [0, 0.1) is 0 Å². The standard InChI is InChI=1S/C28H23ClN4O7/c1-2-37-16-15-28(25(34)31-27(36)32-26(28)35)39-20-13-11-19(12-14-20)38-18-9-7-17(8-10-18)24-30-23(33-40-24)21-5-3-4-6-22(21)29/h3-14H,2,15-16H2,1H3,(H2,31,32,34,35,36). The van der Waals surface area contributed by atoms with Crippen LogP contribution in [0.2, 0.25) is 5.02 Å². The predicted molar refractivity (Wildman–Crippen MR) is 143 cm³/mol. The molecule has 4 amide bonds. The van der Waals surface area contributed by atoms with Gasteiger partial charge in [0, 0.05) is 24.2 Å². The monoisotopic (exact) mass is 562 g/mol. The molecule has 0 spiro atoms. The first-order valence-corrected chi connectivity index (χ1v) is 12.7. The number of hydrogen-bond donors (Lipinski definition) is 2. The van der Waals surface area contributed by atoms with Crippen molar-refractivity contribution in [1.29, 1.82) is 0 Å². The lowest BCUT2D eigenvalue weighted by molar-refractivity contribution is -0.153. The van der Waals surface area contributed by atoms with E-state index in [1.165, 1.54) is 0 Å². The van der Waals surface area contributed by atoms with Gasteiger partial charge in [0.2, 0.25) is 5.82 Å². The fraction of sp³-hybridized carbons (Fsp3) is 0.179. The minimum atomic E-state index is -1.96. The van der Waals surface area contributed by atoms with Gasteiger partial charge in [0.25, 0.3) is 23.3 Å². The summed E-state index contributed by atoms with van der Waals surface area (Å²) in [6.07, 6.45) is -0.0870. The van der Waals surface area contributed by atoms with Gasteiger partial charge >= 0.3 is 6.03 Å². The first kappa shape index (κ1) is 26.9. The third kappa shape index (κ3) is 5.65. The van der Waals surface area contributed by atoms with Crippen LogP contribution >= 0.6 is 11.6 Å². The lowest BCUT2D eigenvalue weighted by Crippen LogP contribution is -2.69. The molecule has 1 saturated heterocycles. The van der Waals surface area contributed by atoms with Crippen molar-refractivity contribution in [2.45, 2.75) is 18.9 Å². The number of amides is 4. The molecule has 0 radical (unpaired) electrons. The van der Waals surface area contributed by atoms with Crippen molar-refractivity contribution in [3.63, 3.8) is 0 Å². The van der Waals surface area contributed by atoms with Crippen LogP contribution in [0.5, 0.6) is 17.2 Å². The number of carbonyl (C=O) groups is 3. The van der Waals surface area contributed by atoms with Crippen LogP contribution in [0.3, 0.4) is 0 Å². The second kappa shape index (κ2) is 11.6. The van der Waals surface area contributed by atoms with Crippen LogP contribution in [-0.4, -0.2) is 46.8 Å². The van der Waals surface area contributed by atoms with Gasteiger partial charge in [0.15, 0.2) is 0 Å². The first-order chi connectivity index (χ1) is 19.4. The van der Waals surface area contributed by atoms with Gasteiger partial charge in [-0.05, 0) is 67.6 Å². The van der Waals surface area contributed by atoms with Crippen LogP contribution in [0.15, 0.2) is 77.3 Å². The zero-order valence-electron chi connectivity index (χ0n) is 21.2. The maximum atomic E-state index is 12.6. The van der Waals surface area contributed by atoms with E-state index in [1.807, 2.05) is 18.2 Å². The van der Waals surface area contributed by atoms with E-state index in [0.717, 1.165) is 0 Å². The Balaban J connectivity index is 1.26. The molecule has 1 fully saturated rings. The minimum Gasteiger partial charge on any atom is -0.467 e. The Bertz CT molecular complexity index is 1520. The molecule has 11 nitrogen and oxygen atoms in total. The van der Waals surface area contributed by atoms with Crippen LogP contribution < -0.4 is 20.1 Å². The second-order valence-electron chi connectivity index (χ2n) is 8.61. The van der Waals surface area contributed by atoms with Crippen LogP contribution in [0.1, 0.15) is 13.3 Å². The van der Waals surface area contributed by atoms with Crippen LogP contribution in [0.25, 0.3) is 22.8 Å². The van der Waals surface area contributed by atoms with Gasteiger partial charge in [-0.2, -0.15) is 4.98 Å². The fourth-order valence-corrected chi connectivity index (χ4v) is 4.17. The number of ether oxygens (including phenoxy) is 3. The summed E-state index contributed by atoms with van der Waals surface area (Å²) in [6.45, 7) is 2.25. The Morgan fingerprint density at radius 1 is 0.875 bits per heavy atom. The van der Waals surface area contributed by atoms with E-state index < -0.39 is 23.4 Å². The number of urea groups is 1. The molecule has 1 aliphatic heterocycles. The number of imide groups is 2. The summed E-state index contributed by atoms with van der Waals surface area (Å²) in [4.78, 5) is 41.3. The van der Waals surface area contributed by atoms with E-state index in [0.29, 0.717) is 46.0 Å². The molecule has 1 aromatic heterocycles. The molecule has 1 aliphatic rings. The lowest BCUT2D eigenvalue weighted by Gasteiger charge is -2.34. The highest BCUT2D eigenvalue weighted by Crippen LogP contribution is 2.31. The number of carbonyl (C=O) groups excluding carboxylic acids is 3. The molecule has 3 aromatic carbocycles. The van der Waals surface area contributed by atoms with Crippen molar-refractivity contribution in [2.24, 2.45) is 0 Å². The van der Waals surface area contributed by atoms with E-state index in [2.05, 4.69) is 20.8 Å². The minimum absolute atomic E-state index is 0.0770. The summed E-state index contributed by atoms with van der Waals surface area (Å²) in [6, 6.07) is 19.7. The highest BCUT2D eigenvalue weighted by molar-refractivity contribution is 6.33. The average Bonchev–Trinajstić information content (AvgIpc) is 3.43. The summed E-state index contributed by atoms with van der Waals surface area (Å²) in [5.74, 6) is 0.250. The largest absolute Gasteiger partial charge is 0.467 e. The highest BCUT2D eigenvalue weighted by atomic mass is 35.5. The van der Waals surface area contributed by atoms with Gasteiger partial charge in [-0.3, -0.25) is 20.2 Å². The van der Waals surface area contributed by atoms with Crippen LogP contribution in [0.4, 0.5) is 4.79 Å². The number of rotatable bonds is 10. The third-order valence-electron chi connectivity index (χ3n) is 5.98. The fourth-order valence-electron chi connectivity index (χ4n) is 3.94. The second-order valence-corrected chi connectivity index (χ2v) is 9.02. The normalized spacial score (nSPS) is 14.4. The maximum Gasteiger partial charge on any atom is 0.328 e. The number of nitrogens with one attached hydrogen (secondary N) is 2. The molecular formula is C28H23ClN4O7. The molecule has 2 heterocycles. The Hall–Kier alpha value is -4.74. The summed E-state index contributed by atoms with van der Waals surface area (Å²) in [7, 11) is 0. The molecule has 0 aliphatic carbocycles. The van der Waals surface area contributed by atoms with Gasteiger partial charge in [0.1, 0.15) is 17.2 Å². The number of barbiturate groups is 1. The van der Waals surface area contributed by atoms with Crippen molar-refractivity contribution in [2.75, 3.05) is 13.2 Å². The maximum absolute atomic E-state index is 12.6. The quantitative estimate of drug-likeness (QED) is 0.206. The van der Waals surface area contributed by atoms with Gasteiger partial charge in [0.05, 0.1) is 11.6 Å². The SMILES string of the molecule is CCOCCC1(Oc2ccc(Oc3ccc(-c4nc(-c5ccccc5Cl)no4)cc3)cc2)C(=O)NC(=O)NC1=O. The first-order valence-electron chi connectivity index (χ1n) is 12.3. The van der Waals surface area contributed by atoms with E-state index in [4.69, 9.17) is 30.3 Å².